The minimum Gasteiger partial charge on any atom is -0.465 e. The van der Waals surface area contributed by atoms with E-state index in [2.05, 4.69) is 25.8 Å². The molecular weight excluding hydrogens is 364 g/mol. The van der Waals surface area contributed by atoms with E-state index in [1.54, 1.807) is 12.3 Å². The summed E-state index contributed by atoms with van der Waals surface area (Å²) in [6.07, 6.45) is 3.23. The summed E-state index contributed by atoms with van der Waals surface area (Å²) in [6, 6.07) is 1.74. The first-order valence-electron chi connectivity index (χ1n) is 7.90. The van der Waals surface area contributed by atoms with Gasteiger partial charge in [0, 0.05) is 36.6 Å². The molecule has 128 valence electrons. The molecule has 2 aliphatic rings. The Morgan fingerprint density at radius 2 is 1.91 bits per heavy atom. The third-order valence-electron chi connectivity index (χ3n) is 3.88. The standard InChI is InChI=1S/C14H17BrN2O4.C2H6/c1-19-13(18)11-8-10(15)9-16-12(11)17-4-2-14(3-5-17)20-6-7-21-14;1-2/h8-9H,2-7H2,1H3;1-2H3. The zero-order valence-corrected chi connectivity index (χ0v) is 15.4. The van der Waals surface area contributed by atoms with E-state index >= 15 is 0 Å². The third-order valence-corrected chi connectivity index (χ3v) is 4.31. The number of halogens is 1. The second-order valence-corrected chi connectivity index (χ2v) is 6.03. The number of methoxy groups -OCH3 is 1. The van der Waals surface area contributed by atoms with Crippen LogP contribution in [0.1, 0.15) is 37.0 Å². The quantitative estimate of drug-likeness (QED) is 0.728. The molecule has 7 heteroatoms. The van der Waals surface area contributed by atoms with Gasteiger partial charge in [0.2, 0.25) is 0 Å². The van der Waals surface area contributed by atoms with Crippen LogP contribution in [-0.2, 0) is 14.2 Å². The number of pyridine rings is 1. The molecule has 0 aromatic carbocycles. The molecule has 3 heterocycles. The highest BCUT2D eigenvalue weighted by atomic mass is 79.9. The first-order valence-corrected chi connectivity index (χ1v) is 8.70. The van der Waals surface area contributed by atoms with Crippen molar-refractivity contribution in [2.45, 2.75) is 32.5 Å². The first-order chi connectivity index (χ1) is 11.1. The van der Waals surface area contributed by atoms with Crippen LogP contribution >= 0.6 is 15.9 Å². The van der Waals surface area contributed by atoms with E-state index in [0.29, 0.717) is 24.6 Å². The number of carbonyl (C=O) groups is 1. The number of hydrogen-bond acceptors (Lipinski definition) is 6. The monoisotopic (exact) mass is 386 g/mol. The summed E-state index contributed by atoms with van der Waals surface area (Å²) >= 11 is 3.34. The number of carbonyl (C=O) groups excluding carboxylic acids is 1. The largest absolute Gasteiger partial charge is 0.465 e. The Morgan fingerprint density at radius 1 is 1.30 bits per heavy atom. The summed E-state index contributed by atoms with van der Waals surface area (Å²) in [5.74, 6) is -0.164. The maximum Gasteiger partial charge on any atom is 0.341 e. The minimum atomic E-state index is -0.433. The molecule has 1 aromatic rings. The fraction of sp³-hybridized carbons (Fsp3) is 0.625. The molecule has 3 rings (SSSR count). The lowest BCUT2D eigenvalue weighted by atomic mass is 10.0. The van der Waals surface area contributed by atoms with Gasteiger partial charge in [-0.3, -0.25) is 0 Å². The number of hydrogen-bond donors (Lipinski definition) is 0. The van der Waals surface area contributed by atoms with Gasteiger partial charge in [-0.1, -0.05) is 13.8 Å². The molecule has 0 bridgehead atoms. The van der Waals surface area contributed by atoms with E-state index in [1.807, 2.05) is 13.8 Å². The fourth-order valence-corrected chi connectivity index (χ4v) is 3.12. The maximum atomic E-state index is 11.9. The highest BCUT2D eigenvalue weighted by molar-refractivity contribution is 9.10. The Kier molecular flexibility index (Phi) is 6.38. The van der Waals surface area contributed by atoms with Gasteiger partial charge in [-0.2, -0.15) is 0 Å². The summed E-state index contributed by atoms with van der Waals surface area (Å²) in [4.78, 5) is 18.4. The summed E-state index contributed by atoms with van der Waals surface area (Å²) in [6.45, 7) is 6.78. The van der Waals surface area contributed by atoms with Crippen molar-refractivity contribution in [3.05, 3.63) is 22.3 Å². The van der Waals surface area contributed by atoms with E-state index in [9.17, 15) is 4.79 Å². The van der Waals surface area contributed by atoms with Crippen LogP contribution in [0.2, 0.25) is 0 Å². The molecule has 0 amide bonds. The van der Waals surface area contributed by atoms with Gasteiger partial charge in [-0.05, 0) is 22.0 Å². The van der Waals surface area contributed by atoms with E-state index in [1.165, 1.54) is 7.11 Å². The lowest BCUT2D eigenvalue weighted by molar-refractivity contribution is -0.169. The Morgan fingerprint density at radius 3 is 2.48 bits per heavy atom. The van der Waals surface area contributed by atoms with Crippen LogP contribution in [0.3, 0.4) is 0 Å². The molecule has 2 aliphatic heterocycles. The zero-order valence-electron chi connectivity index (χ0n) is 13.8. The Bertz CT molecular complexity index is 537. The normalized spacial score (nSPS) is 19.2. The van der Waals surface area contributed by atoms with Crippen molar-refractivity contribution in [3.8, 4) is 0 Å². The number of rotatable bonds is 2. The molecule has 1 aromatic heterocycles. The number of nitrogens with zero attached hydrogens (tertiary/aromatic N) is 2. The number of piperidine rings is 1. The summed E-state index contributed by atoms with van der Waals surface area (Å²) in [5.41, 5.74) is 0.469. The van der Waals surface area contributed by atoms with Crippen molar-refractivity contribution in [3.63, 3.8) is 0 Å². The van der Waals surface area contributed by atoms with Gasteiger partial charge in [-0.15, -0.1) is 0 Å². The summed E-state index contributed by atoms with van der Waals surface area (Å²) in [7, 11) is 1.37. The number of aromatic nitrogens is 1. The predicted octanol–water partition coefficient (Wildman–Crippen LogP) is 3.00. The van der Waals surface area contributed by atoms with Crippen molar-refractivity contribution in [2.24, 2.45) is 0 Å². The van der Waals surface area contributed by atoms with Gasteiger partial charge in [0.1, 0.15) is 11.4 Å². The molecule has 2 fully saturated rings. The van der Waals surface area contributed by atoms with E-state index in [4.69, 9.17) is 14.2 Å². The van der Waals surface area contributed by atoms with E-state index < -0.39 is 5.79 Å². The topological polar surface area (TPSA) is 60.9 Å². The smallest absolute Gasteiger partial charge is 0.341 e. The molecule has 6 nitrogen and oxygen atoms in total. The van der Waals surface area contributed by atoms with E-state index in [0.717, 1.165) is 30.4 Å². The molecule has 0 unspecified atom stereocenters. The van der Waals surface area contributed by atoms with E-state index in [-0.39, 0.29) is 5.97 Å². The Balaban J connectivity index is 0.000000924. The van der Waals surface area contributed by atoms with Crippen LogP contribution in [0.4, 0.5) is 5.82 Å². The summed E-state index contributed by atoms with van der Waals surface area (Å²) in [5, 5.41) is 0. The van der Waals surface area contributed by atoms with Crippen LogP contribution < -0.4 is 4.90 Å². The second kappa shape index (κ2) is 8.08. The van der Waals surface area contributed by atoms with Crippen molar-refractivity contribution < 1.29 is 19.0 Å². The van der Waals surface area contributed by atoms with Crippen LogP contribution in [0, 0.1) is 0 Å². The summed E-state index contributed by atoms with van der Waals surface area (Å²) < 4.78 is 17.0. The minimum absolute atomic E-state index is 0.382. The van der Waals surface area contributed by atoms with Crippen molar-refractivity contribution in [1.82, 2.24) is 4.98 Å². The average molecular weight is 387 g/mol. The van der Waals surface area contributed by atoms with Crippen LogP contribution in [0.25, 0.3) is 0 Å². The molecule has 0 N–H and O–H groups in total. The zero-order chi connectivity index (χ0) is 16.9. The van der Waals surface area contributed by atoms with Crippen molar-refractivity contribution >= 4 is 27.7 Å². The molecule has 0 saturated carbocycles. The molecular formula is C16H23BrN2O4. The lowest BCUT2D eigenvalue weighted by Gasteiger charge is -2.38. The number of anilines is 1. The lowest BCUT2D eigenvalue weighted by Crippen LogP contribution is -2.45. The SMILES string of the molecule is CC.COC(=O)c1cc(Br)cnc1N1CCC2(CC1)OCCO2. The van der Waals surface area contributed by atoms with Crippen LogP contribution in [-0.4, -0.2) is 50.2 Å². The number of ether oxygens (including phenoxy) is 3. The van der Waals surface area contributed by atoms with Gasteiger partial charge in [0.05, 0.1) is 20.3 Å². The number of esters is 1. The highest BCUT2D eigenvalue weighted by Gasteiger charge is 2.40. The highest BCUT2D eigenvalue weighted by Crippen LogP contribution is 2.34. The molecule has 23 heavy (non-hydrogen) atoms. The fourth-order valence-electron chi connectivity index (χ4n) is 2.79. The van der Waals surface area contributed by atoms with Gasteiger partial charge in [-0.25, -0.2) is 9.78 Å². The van der Waals surface area contributed by atoms with Gasteiger partial charge in [0.25, 0.3) is 0 Å². The van der Waals surface area contributed by atoms with Gasteiger partial charge >= 0.3 is 5.97 Å². The molecule has 2 saturated heterocycles. The molecule has 1 spiro atoms. The maximum absolute atomic E-state index is 11.9. The average Bonchev–Trinajstić information content (AvgIpc) is 3.05. The van der Waals surface area contributed by atoms with Crippen molar-refractivity contribution in [2.75, 3.05) is 38.3 Å². The molecule has 0 atom stereocenters. The Hall–Kier alpha value is -1.18. The molecule has 0 aliphatic carbocycles. The predicted molar refractivity (Wildman–Crippen MR) is 90.7 cm³/mol. The Labute approximate surface area is 145 Å². The molecule has 0 radical (unpaired) electrons. The first kappa shape index (κ1) is 18.2. The third kappa shape index (κ3) is 4.02. The van der Waals surface area contributed by atoms with Crippen LogP contribution in [0.5, 0.6) is 0 Å². The van der Waals surface area contributed by atoms with Crippen LogP contribution in [0.15, 0.2) is 16.7 Å². The van der Waals surface area contributed by atoms with Gasteiger partial charge in [0.15, 0.2) is 5.79 Å². The van der Waals surface area contributed by atoms with Crippen molar-refractivity contribution in [1.29, 1.82) is 0 Å². The van der Waals surface area contributed by atoms with Gasteiger partial charge < -0.3 is 19.1 Å². The second-order valence-electron chi connectivity index (χ2n) is 5.11.